The van der Waals surface area contributed by atoms with Gasteiger partial charge in [-0.05, 0) is 19.1 Å². The first-order chi connectivity index (χ1) is 9.04. The molecule has 1 aromatic heterocycles. The molecule has 0 aliphatic heterocycles. The van der Waals surface area contributed by atoms with Gasteiger partial charge in [0.15, 0.2) is 0 Å². The van der Waals surface area contributed by atoms with Crippen molar-refractivity contribution in [3.8, 4) is 5.69 Å². The zero-order valence-electron chi connectivity index (χ0n) is 10.5. The van der Waals surface area contributed by atoms with Crippen LogP contribution in [0, 0.1) is 10.1 Å². The monoisotopic (exact) mass is 263 g/mol. The van der Waals surface area contributed by atoms with Gasteiger partial charge >= 0.3 is 5.69 Å². The van der Waals surface area contributed by atoms with Gasteiger partial charge in [0, 0.05) is 25.7 Å². The van der Waals surface area contributed by atoms with E-state index in [9.17, 15) is 14.9 Å². The number of benzene rings is 1. The molecule has 19 heavy (non-hydrogen) atoms. The number of nitro benzene ring substituents is 1. The van der Waals surface area contributed by atoms with Crippen LogP contribution in [0.3, 0.4) is 0 Å². The highest BCUT2D eigenvalue weighted by Crippen LogP contribution is 2.16. The molecule has 0 spiro atoms. The van der Waals surface area contributed by atoms with E-state index >= 15 is 0 Å². The van der Waals surface area contributed by atoms with Crippen molar-refractivity contribution in [3.05, 3.63) is 44.9 Å². The molecule has 0 saturated carbocycles. The molecule has 0 aliphatic rings. The first kappa shape index (κ1) is 12.8. The van der Waals surface area contributed by atoms with E-state index in [1.54, 1.807) is 7.05 Å². The second kappa shape index (κ2) is 4.92. The van der Waals surface area contributed by atoms with Crippen molar-refractivity contribution in [1.29, 1.82) is 0 Å². The van der Waals surface area contributed by atoms with Crippen molar-refractivity contribution in [2.45, 2.75) is 6.92 Å². The summed E-state index contributed by atoms with van der Waals surface area (Å²) in [4.78, 5) is 22.1. The van der Waals surface area contributed by atoms with Crippen molar-refractivity contribution in [2.75, 3.05) is 11.9 Å². The van der Waals surface area contributed by atoms with Crippen LogP contribution in [0.4, 0.5) is 11.6 Å². The van der Waals surface area contributed by atoms with Gasteiger partial charge in [-0.15, -0.1) is 5.10 Å². The summed E-state index contributed by atoms with van der Waals surface area (Å²) >= 11 is 0. The first-order valence-corrected chi connectivity index (χ1v) is 5.69. The van der Waals surface area contributed by atoms with Gasteiger partial charge in [-0.2, -0.15) is 0 Å². The van der Waals surface area contributed by atoms with E-state index in [0.717, 1.165) is 0 Å². The van der Waals surface area contributed by atoms with E-state index in [4.69, 9.17) is 0 Å². The Hall–Kier alpha value is -2.64. The van der Waals surface area contributed by atoms with Crippen LogP contribution in [0.1, 0.15) is 6.92 Å². The lowest BCUT2D eigenvalue weighted by Crippen LogP contribution is -2.22. The largest absolute Gasteiger partial charge is 0.354 e. The first-order valence-electron chi connectivity index (χ1n) is 5.69. The number of hydrogen-bond acceptors (Lipinski definition) is 5. The lowest BCUT2D eigenvalue weighted by atomic mass is 10.3. The van der Waals surface area contributed by atoms with Crippen LogP contribution < -0.4 is 11.0 Å². The molecule has 0 aliphatic carbocycles. The molecule has 0 bridgehead atoms. The molecule has 0 saturated heterocycles. The Balaban J connectivity index is 2.51. The fraction of sp³-hybridized carbons (Fsp3) is 0.273. The van der Waals surface area contributed by atoms with Crippen molar-refractivity contribution in [3.63, 3.8) is 0 Å². The fourth-order valence-electron chi connectivity index (χ4n) is 1.69. The maximum Gasteiger partial charge on any atom is 0.351 e. The summed E-state index contributed by atoms with van der Waals surface area (Å²) in [5.74, 6) is 0.406. The maximum absolute atomic E-state index is 12.0. The highest BCUT2D eigenvalue weighted by molar-refractivity contribution is 5.45. The average Bonchev–Trinajstić information content (AvgIpc) is 2.66. The quantitative estimate of drug-likeness (QED) is 0.653. The minimum absolute atomic E-state index is 0.0225. The Morgan fingerprint density at radius 1 is 1.37 bits per heavy atom. The van der Waals surface area contributed by atoms with Gasteiger partial charge < -0.3 is 5.32 Å². The summed E-state index contributed by atoms with van der Waals surface area (Å²) in [6.07, 6.45) is 0. The molecule has 2 rings (SSSR count). The van der Waals surface area contributed by atoms with Gasteiger partial charge in [-0.3, -0.25) is 10.1 Å². The number of anilines is 1. The third-order valence-electron chi connectivity index (χ3n) is 2.58. The van der Waals surface area contributed by atoms with Crippen LogP contribution in [-0.4, -0.2) is 25.8 Å². The molecule has 8 nitrogen and oxygen atoms in total. The molecular weight excluding hydrogens is 250 g/mol. The smallest absolute Gasteiger partial charge is 0.351 e. The van der Waals surface area contributed by atoms with Gasteiger partial charge in [0.2, 0.25) is 5.95 Å². The summed E-state index contributed by atoms with van der Waals surface area (Å²) < 4.78 is 2.58. The minimum Gasteiger partial charge on any atom is -0.354 e. The topological polar surface area (TPSA) is 95.0 Å². The SMILES string of the molecule is CCNc1nn(C)c(=O)n1-c1ccc([N+](=O)[O-])cc1. The summed E-state index contributed by atoms with van der Waals surface area (Å²) in [5, 5.41) is 17.6. The molecule has 2 aromatic rings. The normalized spacial score (nSPS) is 10.4. The zero-order valence-corrected chi connectivity index (χ0v) is 10.5. The van der Waals surface area contributed by atoms with Gasteiger partial charge in [0.05, 0.1) is 10.6 Å². The number of non-ortho nitro benzene ring substituents is 1. The van der Waals surface area contributed by atoms with Crippen molar-refractivity contribution in [2.24, 2.45) is 7.05 Å². The third-order valence-corrected chi connectivity index (χ3v) is 2.58. The number of nitrogens with zero attached hydrogens (tertiary/aromatic N) is 4. The zero-order chi connectivity index (χ0) is 14.0. The molecule has 1 N–H and O–H groups in total. The number of aryl methyl sites for hydroxylation is 1. The molecule has 0 atom stereocenters. The highest BCUT2D eigenvalue weighted by atomic mass is 16.6. The summed E-state index contributed by atoms with van der Waals surface area (Å²) in [6, 6.07) is 5.74. The number of hydrogen-bond donors (Lipinski definition) is 1. The molecule has 8 heteroatoms. The molecule has 0 unspecified atom stereocenters. The van der Waals surface area contributed by atoms with Gasteiger partial charge in [-0.25, -0.2) is 14.0 Å². The summed E-state index contributed by atoms with van der Waals surface area (Å²) in [5.41, 5.74) is 0.190. The Kier molecular flexibility index (Phi) is 3.32. The molecule has 0 radical (unpaired) electrons. The fourth-order valence-corrected chi connectivity index (χ4v) is 1.69. The van der Waals surface area contributed by atoms with Crippen LogP contribution in [0.2, 0.25) is 0 Å². The molecule has 1 heterocycles. The van der Waals surface area contributed by atoms with E-state index in [0.29, 0.717) is 18.2 Å². The predicted octanol–water partition coefficient (Wildman–Crippen LogP) is 0.911. The van der Waals surface area contributed by atoms with Crippen molar-refractivity contribution in [1.82, 2.24) is 14.3 Å². The number of rotatable bonds is 4. The lowest BCUT2D eigenvalue weighted by Gasteiger charge is -2.05. The number of aromatic nitrogens is 3. The highest BCUT2D eigenvalue weighted by Gasteiger charge is 2.13. The molecule has 1 aromatic carbocycles. The summed E-state index contributed by atoms with van der Waals surface area (Å²) in [6.45, 7) is 2.50. The van der Waals surface area contributed by atoms with Crippen LogP contribution in [0.15, 0.2) is 29.1 Å². The molecule has 100 valence electrons. The van der Waals surface area contributed by atoms with Gasteiger partial charge in [0.1, 0.15) is 0 Å². The Morgan fingerprint density at radius 2 is 2.00 bits per heavy atom. The summed E-state index contributed by atoms with van der Waals surface area (Å²) in [7, 11) is 1.55. The molecular formula is C11H13N5O3. The van der Waals surface area contributed by atoms with Gasteiger partial charge in [-0.1, -0.05) is 0 Å². The number of nitro groups is 1. The van der Waals surface area contributed by atoms with E-state index < -0.39 is 4.92 Å². The number of nitrogens with one attached hydrogen (secondary N) is 1. The van der Waals surface area contributed by atoms with Crippen molar-refractivity contribution < 1.29 is 4.92 Å². The molecule has 0 fully saturated rings. The van der Waals surface area contributed by atoms with E-state index in [1.807, 2.05) is 6.92 Å². The van der Waals surface area contributed by atoms with Crippen molar-refractivity contribution >= 4 is 11.6 Å². The Labute approximate surface area is 108 Å². The predicted molar refractivity (Wildman–Crippen MR) is 69.6 cm³/mol. The van der Waals surface area contributed by atoms with E-state index in [2.05, 4.69) is 10.4 Å². The second-order valence-corrected chi connectivity index (χ2v) is 3.87. The average molecular weight is 263 g/mol. The van der Waals surface area contributed by atoms with Crippen LogP contribution in [-0.2, 0) is 7.05 Å². The third kappa shape index (κ3) is 2.32. The minimum atomic E-state index is -0.485. The Bertz CT molecular complexity index is 656. The maximum atomic E-state index is 12.0. The van der Waals surface area contributed by atoms with Crippen LogP contribution >= 0.6 is 0 Å². The van der Waals surface area contributed by atoms with E-state index in [1.165, 1.54) is 33.5 Å². The van der Waals surface area contributed by atoms with Crippen LogP contribution in [0.5, 0.6) is 0 Å². The van der Waals surface area contributed by atoms with Crippen LogP contribution in [0.25, 0.3) is 5.69 Å². The lowest BCUT2D eigenvalue weighted by molar-refractivity contribution is -0.384. The van der Waals surface area contributed by atoms with E-state index in [-0.39, 0.29) is 11.4 Å². The Morgan fingerprint density at radius 3 is 2.53 bits per heavy atom. The molecule has 0 amide bonds. The standard InChI is InChI=1S/C11H13N5O3/c1-3-12-10-13-14(2)11(17)15(10)8-4-6-9(7-5-8)16(18)19/h4-7H,3H2,1-2H3,(H,12,13). The van der Waals surface area contributed by atoms with Gasteiger partial charge in [0.25, 0.3) is 5.69 Å². The second-order valence-electron chi connectivity index (χ2n) is 3.87.